The fraction of sp³-hybridized carbons (Fsp3) is 0.632. The van der Waals surface area contributed by atoms with Crippen molar-refractivity contribution in [1.29, 1.82) is 0 Å². The maximum absolute atomic E-state index is 12.1. The highest BCUT2D eigenvalue weighted by Crippen LogP contribution is 2.18. The molecule has 0 heterocycles. The van der Waals surface area contributed by atoms with E-state index in [1.807, 2.05) is 0 Å². The summed E-state index contributed by atoms with van der Waals surface area (Å²) in [7, 11) is -3.52. The molecule has 1 fully saturated rings. The van der Waals surface area contributed by atoms with Gasteiger partial charge in [-0.05, 0) is 51.0 Å². The first kappa shape index (κ1) is 20.7. The van der Waals surface area contributed by atoms with Crippen LogP contribution in [0.3, 0.4) is 0 Å². The van der Waals surface area contributed by atoms with Crippen LogP contribution < -0.4 is 14.8 Å². The van der Waals surface area contributed by atoms with Crippen LogP contribution in [0.4, 0.5) is 0 Å². The highest BCUT2D eigenvalue weighted by molar-refractivity contribution is 7.89. The highest BCUT2D eigenvalue weighted by Gasteiger charge is 2.16. The Morgan fingerprint density at radius 1 is 1.08 bits per heavy atom. The summed E-state index contributed by atoms with van der Waals surface area (Å²) in [5.41, 5.74) is 0. The van der Waals surface area contributed by atoms with Crippen LogP contribution in [0.2, 0.25) is 0 Å². The van der Waals surface area contributed by atoms with E-state index in [0.29, 0.717) is 5.75 Å². The fourth-order valence-electron chi connectivity index (χ4n) is 3.11. The number of benzene rings is 1. The predicted octanol–water partition coefficient (Wildman–Crippen LogP) is 2.98. The van der Waals surface area contributed by atoms with Gasteiger partial charge in [0.05, 0.1) is 4.90 Å². The van der Waals surface area contributed by atoms with Gasteiger partial charge >= 0.3 is 0 Å². The van der Waals surface area contributed by atoms with E-state index in [-0.39, 0.29) is 29.5 Å². The molecule has 1 aromatic carbocycles. The van der Waals surface area contributed by atoms with E-state index >= 15 is 0 Å². The van der Waals surface area contributed by atoms with Gasteiger partial charge in [-0.2, -0.15) is 0 Å². The van der Waals surface area contributed by atoms with E-state index in [2.05, 4.69) is 10.0 Å². The monoisotopic (exact) mass is 382 g/mol. The molecule has 1 aliphatic rings. The van der Waals surface area contributed by atoms with Gasteiger partial charge in [0.15, 0.2) is 6.61 Å². The minimum absolute atomic E-state index is 0.0627. The smallest absolute Gasteiger partial charge is 0.258 e. The molecule has 0 bridgehead atoms. The van der Waals surface area contributed by atoms with Crippen LogP contribution in [0.1, 0.15) is 58.8 Å². The normalized spacial score (nSPS) is 16.7. The van der Waals surface area contributed by atoms with Crippen LogP contribution in [0.25, 0.3) is 0 Å². The third kappa shape index (κ3) is 6.96. The molecule has 0 aliphatic heterocycles. The Hall–Kier alpha value is -1.60. The van der Waals surface area contributed by atoms with Crippen LogP contribution in [0.5, 0.6) is 5.75 Å². The van der Waals surface area contributed by atoms with Crippen LogP contribution in [0.15, 0.2) is 29.2 Å². The van der Waals surface area contributed by atoms with Crippen molar-refractivity contribution in [2.45, 2.75) is 75.8 Å². The fourth-order valence-corrected chi connectivity index (χ4v) is 4.36. The van der Waals surface area contributed by atoms with Gasteiger partial charge in [-0.3, -0.25) is 4.79 Å². The van der Waals surface area contributed by atoms with Crippen molar-refractivity contribution in [2.75, 3.05) is 6.61 Å². The summed E-state index contributed by atoms with van der Waals surface area (Å²) in [6.45, 7) is 3.47. The molecule has 1 amide bonds. The average Bonchev–Trinajstić information content (AvgIpc) is 2.54. The average molecular weight is 383 g/mol. The van der Waals surface area contributed by atoms with Crippen LogP contribution in [-0.2, 0) is 14.8 Å². The van der Waals surface area contributed by atoms with Gasteiger partial charge < -0.3 is 10.1 Å². The first-order valence-corrected chi connectivity index (χ1v) is 10.9. The summed E-state index contributed by atoms with van der Waals surface area (Å²) in [5, 5.41) is 3.04. The van der Waals surface area contributed by atoms with E-state index in [0.717, 1.165) is 25.7 Å². The van der Waals surface area contributed by atoms with E-state index in [9.17, 15) is 13.2 Å². The van der Waals surface area contributed by atoms with Crippen molar-refractivity contribution in [3.8, 4) is 5.75 Å². The van der Waals surface area contributed by atoms with E-state index in [4.69, 9.17) is 4.74 Å². The Kier molecular flexibility index (Phi) is 7.90. The lowest BCUT2D eigenvalue weighted by Gasteiger charge is -2.21. The Morgan fingerprint density at radius 3 is 2.23 bits per heavy atom. The SMILES string of the molecule is CC(C)NS(=O)(=O)c1ccc(OCC(=O)NC2CCCCCCC2)cc1. The number of amides is 1. The van der Waals surface area contributed by atoms with Gasteiger partial charge in [-0.15, -0.1) is 0 Å². The highest BCUT2D eigenvalue weighted by atomic mass is 32.2. The molecule has 0 spiro atoms. The summed E-state index contributed by atoms with van der Waals surface area (Å²) >= 11 is 0. The van der Waals surface area contributed by atoms with Crippen molar-refractivity contribution < 1.29 is 17.9 Å². The second-order valence-electron chi connectivity index (χ2n) is 7.15. The molecular weight excluding hydrogens is 352 g/mol. The maximum atomic E-state index is 12.1. The second kappa shape index (κ2) is 9.92. The minimum atomic E-state index is -3.52. The molecule has 2 N–H and O–H groups in total. The largest absolute Gasteiger partial charge is 0.484 e. The number of nitrogens with one attached hydrogen (secondary N) is 2. The first-order chi connectivity index (χ1) is 12.4. The van der Waals surface area contributed by atoms with Crippen LogP contribution >= 0.6 is 0 Å². The van der Waals surface area contributed by atoms with Crippen molar-refractivity contribution in [3.05, 3.63) is 24.3 Å². The molecule has 0 saturated heterocycles. The van der Waals surface area contributed by atoms with Crippen molar-refractivity contribution >= 4 is 15.9 Å². The molecule has 1 aliphatic carbocycles. The topological polar surface area (TPSA) is 84.5 Å². The number of hydrogen-bond donors (Lipinski definition) is 2. The standard InChI is InChI=1S/C19H30N2O4S/c1-15(2)21-26(23,24)18-12-10-17(11-13-18)25-14-19(22)20-16-8-6-4-3-5-7-9-16/h10-13,15-16,21H,3-9,14H2,1-2H3,(H,20,22). The molecule has 7 heteroatoms. The summed E-state index contributed by atoms with van der Waals surface area (Å²) in [6.07, 6.45) is 8.15. The van der Waals surface area contributed by atoms with Gasteiger partial charge in [0.25, 0.3) is 5.91 Å². The lowest BCUT2D eigenvalue weighted by Crippen LogP contribution is -2.38. The van der Waals surface area contributed by atoms with E-state index < -0.39 is 10.0 Å². The number of rotatable bonds is 7. The molecule has 0 radical (unpaired) electrons. The Bertz CT molecular complexity index is 663. The molecule has 2 rings (SSSR count). The summed E-state index contributed by atoms with van der Waals surface area (Å²) in [4.78, 5) is 12.3. The van der Waals surface area contributed by atoms with Crippen molar-refractivity contribution in [1.82, 2.24) is 10.0 Å². The Morgan fingerprint density at radius 2 is 1.65 bits per heavy atom. The van der Waals surface area contributed by atoms with Crippen molar-refractivity contribution in [3.63, 3.8) is 0 Å². The molecule has 6 nitrogen and oxygen atoms in total. The van der Waals surface area contributed by atoms with Gasteiger partial charge in [0.1, 0.15) is 5.75 Å². The third-order valence-electron chi connectivity index (χ3n) is 4.37. The zero-order valence-corrected chi connectivity index (χ0v) is 16.5. The van der Waals surface area contributed by atoms with Crippen LogP contribution in [-0.4, -0.2) is 33.0 Å². The zero-order chi connectivity index (χ0) is 19.0. The molecule has 0 aromatic heterocycles. The zero-order valence-electron chi connectivity index (χ0n) is 15.7. The van der Waals surface area contributed by atoms with Gasteiger partial charge in [-0.1, -0.05) is 32.1 Å². The Labute approximate surface area is 156 Å². The number of carbonyl (C=O) groups excluding carboxylic acids is 1. The van der Waals surface area contributed by atoms with Crippen LogP contribution in [0, 0.1) is 0 Å². The summed E-state index contributed by atoms with van der Waals surface area (Å²) in [5.74, 6) is 0.343. The minimum Gasteiger partial charge on any atom is -0.484 e. The summed E-state index contributed by atoms with van der Waals surface area (Å²) in [6, 6.07) is 6.16. The third-order valence-corrected chi connectivity index (χ3v) is 6.04. The number of ether oxygens (including phenoxy) is 1. The molecule has 1 aromatic rings. The van der Waals surface area contributed by atoms with Gasteiger partial charge in [0.2, 0.25) is 10.0 Å². The molecule has 26 heavy (non-hydrogen) atoms. The van der Waals surface area contributed by atoms with Gasteiger partial charge in [-0.25, -0.2) is 13.1 Å². The molecule has 0 atom stereocenters. The maximum Gasteiger partial charge on any atom is 0.258 e. The molecule has 1 saturated carbocycles. The van der Waals surface area contributed by atoms with E-state index in [1.165, 1.54) is 31.4 Å². The van der Waals surface area contributed by atoms with E-state index in [1.54, 1.807) is 26.0 Å². The number of hydrogen-bond acceptors (Lipinski definition) is 4. The Balaban J connectivity index is 1.82. The lowest BCUT2D eigenvalue weighted by molar-refractivity contribution is -0.123. The second-order valence-corrected chi connectivity index (χ2v) is 8.86. The quantitative estimate of drug-likeness (QED) is 0.759. The van der Waals surface area contributed by atoms with Crippen molar-refractivity contribution in [2.24, 2.45) is 0 Å². The molecular formula is C19H30N2O4S. The molecule has 146 valence electrons. The number of carbonyl (C=O) groups is 1. The lowest BCUT2D eigenvalue weighted by atomic mass is 9.97. The molecule has 0 unspecified atom stereocenters. The number of sulfonamides is 1. The first-order valence-electron chi connectivity index (χ1n) is 9.41. The predicted molar refractivity (Wildman–Crippen MR) is 102 cm³/mol. The summed E-state index contributed by atoms with van der Waals surface area (Å²) < 4.78 is 32.2. The van der Waals surface area contributed by atoms with Gasteiger partial charge in [0, 0.05) is 12.1 Å².